The largest absolute Gasteiger partial charge is 0.459 e. The van der Waals surface area contributed by atoms with Gasteiger partial charge in [-0.15, -0.1) is 0 Å². The van der Waals surface area contributed by atoms with Crippen molar-refractivity contribution in [2.45, 2.75) is 13.5 Å². The number of hydrogen-bond donors (Lipinski definition) is 1. The Morgan fingerprint density at radius 1 is 1.32 bits per heavy atom. The molecule has 0 saturated heterocycles. The third-order valence-electron chi connectivity index (χ3n) is 2.64. The lowest BCUT2D eigenvalue weighted by molar-refractivity contribution is -0.150. The number of carbonyl (C=O) groups is 1. The highest BCUT2D eigenvalue weighted by Gasteiger charge is 2.07. The number of H-pyrrole nitrogens is 1. The maximum absolute atomic E-state index is 11.8. The van der Waals surface area contributed by atoms with Crippen LogP contribution in [-0.2, 0) is 20.9 Å². The molecule has 0 saturated carbocycles. The van der Waals surface area contributed by atoms with Crippen LogP contribution in [0.1, 0.15) is 12.5 Å². The molecule has 0 spiro atoms. The van der Waals surface area contributed by atoms with Crippen LogP contribution in [0, 0.1) is 0 Å². The lowest BCUT2D eigenvalue weighted by Crippen LogP contribution is -2.17. The van der Waals surface area contributed by atoms with Gasteiger partial charge in [-0.25, -0.2) is 4.79 Å². The molecule has 0 amide bonds. The van der Waals surface area contributed by atoms with Crippen molar-refractivity contribution >= 4 is 16.9 Å². The average molecular weight is 261 g/mol. The topological polar surface area (TPSA) is 68.4 Å². The Morgan fingerprint density at radius 2 is 2.11 bits per heavy atom. The van der Waals surface area contributed by atoms with Gasteiger partial charge in [-0.2, -0.15) is 0 Å². The molecule has 2 aromatic rings. The SMILES string of the molecule is CCOCC(=O)OCc1cc2ccccc2[nH]c1=O. The van der Waals surface area contributed by atoms with Crippen molar-refractivity contribution in [2.75, 3.05) is 13.2 Å². The van der Waals surface area contributed by atoms with Crippen LogP contribution in [0.4, 0.5) is 0 Å². The second kappa shape index (κ2) is 6.15. The zero-order valence-electron chi connectivity index (χ0n) is 10.6. The molecule has 0 fully saturated rings. The van der Waals surface area contributed by atoms with Crippen LogP contribution >= 0.6 is 0 Å². The van der Waals surface area contributed by atoms with Gasteiger partial charge in [-0.1, -0.05) is 18.2 Å². The number of ether oxygens (including phenoxy) is 2. The van der Waals surface area contributed by atoms with Crippen molar-refractivity contribution in [3.63, 3.8) is 0 Å². The summed E-state index contributed by atoms with van der Waals surface area (Å²) in [5.74, 6) is -0.477. The monoisotopic (exact) mass is 261 g/mol. The second-order valence-corrected chi connectivity index (χ2v) is 4.01. The summed E-state index contributed by atoms with van der Waals surface area (Å²) in [5.41, 5.74) is 0.934. The Morgan fingerprint density at radius 3 is 2.89 bits per heavy atom. The van der Waals surface area contributed by atoms with E-state index in [-0.39, 0.29) is 18.8 Å². The molecule has 0 bridgehead atoms. The number of aromatic amines is 1. The molecule has 19 heavy (non-hydrogen) atoms. The molecular formula is C14H15NO4. The molecule has 5 heteroatoms. The van der Waals surface area contributed by atoms with Crippen molar-refractivity contribution < 1.29 is 14.3 Å². The van der Waals surface area contributed by atoms with E-state index in [1.807, 2.05) is 24.3 Å². The molecule has 0 aliphatic carbocycles. The molecule has 1 heterocycles. The fourth-order valence-electron chi connectivity index (χ4n) is 1.69. The molecular weight excluding hydrogens is 246 g/mol. The molecule has 1 aromatic carbocycles. The minimum atomic E-state index is -0.477. The van der Waals surface area contributed by atoms with E-state index in [0.29, 0.717) is 12.2 Å². The number of aromatic nitrogens is 1. The third-order valence-corrected chi connectivity index (χ3v) is 2.64. The lowest BCUT2D eigenvalue weighted by Gasteiger charge is -2.05. The van der Waals surface area contributed by atoms with E-state index in [1.54, 1.807) is 13.0 Å². The lowest BCUT2D eigenvalue weighted by atomic mass is 10.2. The Hall–Kier alpha value is -2.14. The van der Waals surface area contributed by atoms with E-state index >= 15 is 0 Å². The Labute approximate surface area is 110 Å². The maximum Gasteiger partial charge on any atom is 0.332 e. The summed E-state index contributed by atoms with van der Waals surface area (Å²) < 4.78 is 9.90. The highest BCUT2D eigenvalue weighted by atomic mass is 16.6. The Balaban J connectivity index is 2.10. The first-order valence-electron chi connectivity index (χ1n) is 6.05. The number of fused-ring (bicyclic) bond motifs is 1. The van der Waals surface area contributed by atoms with Crippen molar-refractivity contribution in [2.24, 2.45) is 0 Å². The van der Waals surface area contributed by atoms with Gasteiger partial charge in [0.2, 0.25) is 0 Å². The Kier molecular flexibility index (Phi) is 4.30. The number of carbonyl (C=O) groups excluding carboxylic acids is 1. The second-order valence-electron chi connectivity index (χ2n) is 4.01. The highest BCUT2D eigenvalue weighted by molar-refractivity contribution is 5.78. The van der Waals surface area contributed by atoms with Crippen LogP contribution in [-0.4, -0.2) is 24.2 Å². The van der Waals surface area contributed by atoms with Crippen LogP contribution in [0.3, 0.4) is 0 Å². The summed E-state index contributed by atoms with van der Waals surface area (Å²) in [6, 6.07) is 9.16. The minimum Gasteiger partial charge on any atom is -0.459 e. The molecule has 0 aliphatic heterocycles. The summed E-state index contributed by atoms with van der Waals surface area (Å²) in [4.78, 5) is 25.8. The van der Waals surface area contributed by atoms with Crippen molar-refractivity contribution in [3.8, 4) is 0 Å². The zero-order valence-corrected chi connectivity index (χ0v) is 10.6. The van der Waals surface area contributed by atoms with Gasteiger partial charge in [0, 0.05) is 12.1 Å². The van der Waals surface area contributed by atoms with Crippen molar-refractivity contribution in [1.82, 2.24) is 4.98 Å². The predicted octanol–water partition coefficient (Wildman–Crippen LogP) is 1.61. The summed E-state index contributed by atoms with van der Waals surface area (Å²) in [7, 11) is 0. The van der Waals surface area contributed by atoms with Gasteiger partial charge in [0.1, 0.15) is 13.2 Å². The van der Waals surface area contributed by atoms with Gasteiger partial charge in [-0.3, -0.25) is 4.79 Å². The predicted molar refractivity (Wildman–Crippen MR) is 70.9 cm³/mol. The van der Waals surface area contributed by atoms with Gasteiger partial charge in [-0.05, 0) is 24.4 Å². The van der Waals surface area contributed by atoms with E-state index in [9.17, 15) is 9.59 Å². The van der Waals surface area contributed by atoms with Crippen LogP contribution in [0.25, 0.3) is 10.9 Å². The Bertz CT molecular complexity index is 633. The van der Waals surface area contributed by atoms with Gasteiger partial charge >= 0.3 is 5.97 Å². The standard InChI is InChI=1S/C14H15NO4/c1-2-18-9-13(16)19-8-11-7-10-5-3-4-6-12(10)15-14(11)17/h3-7H,2,8-9H2,1H3,(H,15,17). The summed E-state index contributed by atoms with van der Waals surface area (Å²) in [5, 5.41) is 0.901. The van der Waals surface area contributed by atoms with Gasteiger partial charge < -0.3 is 14.5 Å². The summed E-state index contributed by atoms with van der Waals surface area (Å²) >= 11 is 0. The molecule has 1 N–H and O–H groups in total. The quantitative estimate of drug-likeness (QED) is 0.830. The molecule has 1 aromatic heterocycles. The highest BCUT2D eigenvalue weighted by Crippen LogP contribution is 2.10. The number of nitrogens with one attached hydrogen (secondary N) is 1. The minimum absolute atomic E-state index is 0.0495. The van der Waals surface area contributed by atoms with Crippen molar-refractivity contribution in [1.29, 1.82) is 0 Å². The first-order valence-corrected chi connectivity index (χ1v) is 6.05. The first-order chi connectivity index (χ1) is 9.20. The van der Waals surface area contributed by atoms with E-state index in [0.717, 1.165) is 10.9 Å². The van der Waals surface area contributed by atoms with Crippen LogP contribution in [0.5, 0.6) is 0 Å². The van der Waals surface area contributed by atoms with Crippen LogP contribution in [0.15, 0.2) is 35.1 Å². The molecule has 0 unspecified atom stereocenters. The number of esters is 1. The van der Waals surface area contributed by atoms with Crippen LogP contribution in [0.2, 0.25) is 0 Å². The maximum atomic E-state index is 11.8. The number of rotatable bonds is 5. The van der Waals surface area contributed by atoms with Crippen molar-refractivity contribution in [3.05, 3.63) is 46.2 Å². The molecule has 5 nitrogen and oxygen atoms in total. The van der Waals surface area contributed by atoms with E-state index in [1.165, 1.54) is 0 Å². The first kappa shape index (κ1) is 13.3. The molecule has 0 aliphatic rings. The van der Waals surface area contributed by atoms with E-state index in [2.05, 4.69) is 4.98 Å². The third kappa shape index (κ3) is 3.42. The summed E-state index contributed by atoms with van der Waals surface area (Å²) in [6.07, 6.45) is 0. The molecule has 2 rings (SSSR count). The summed E-state index contributed by atoms with van der Waals surface area (Å²) in [6.45, 7) is 2.10. The van der Waals surface area contributed by atoms with E-state index < -0.39 is 5.97 Å². The van der Waals surface area contributed by atoms with Gasteiger partial charge in [0.15, 0.2) is 0 Å². The molecule has 0 radical (unpaired) electrons. The fourth-order valence-corrected chi connectivity index (χ4v) is 1.69. The normalized spacial score (nSPS) is 10.6. The molecule has 0 atom stereocenters. The van der Waals surface area contributed by atoms with Crippen LogP contribution < -0.4 is 5.56 Å². The van der Waals surface area contributed by atoms with Gasteiger partial charge in [0.25, 0.3) is 5.56 Å². The zero-order chi connectivity index (χ0) is 13.7. The number of para-hydroxylation sites is 1. The van der Waals surface area contributed by atoms with E-state index in [4.69, 9.17) is 9.47 Å². The number of hydrogen-bond acceptors (Lipinski definition) is 4. The average Bonchev–Trinajstić information content (AvgIpc) is 2.42. The smallest absolute Gasteiger partial charge is 0.332 e. The number of benzene rings is 1. The molecule has 100 valence electrons. The number of pyridine rings is 1. The fraction of sp³-hybridized carbons (Fsp3) is 0.286. The van der Waals surface area contributed by atoms with Gasteiger partial charge in [0.05, 0.1) is 5.56 Å².